The van der Waals surface area contributed by atoms with Crippen LogP contribution in [0.15, 0.2) is 42.5 Å². The maximum absolute atomic E-state index is 13.0. The van der Waals surface area contributed by atoms with Crippen LogP contribution >= 0.6 is 0 Å². The zero-order valence-electron chi connectivity index (χ0n) is 15.1. The van der Waals surface area contributed by atoms with Gasteiger partial charge in [0.25, 0.3) is 11.8 Å². The molecule has 0 unspecified atom stereocenters. The highest BCUT2D eigenvalue weighted by atomic mass is 16.5. The first kappa shape index (κ1) is 18.4. The Labute approximate surface area is 156 Å². The lowest BCUT2D eigenvalue weighted by Gasteiger charge is -2.28. The largest absolute Gasteiger partial charge is 0.482 e. The van der Waals surface area contributed by atoms with Gasteiger partial charge in [-0.15, -0.1) is 0 Å². The number of ether oxygens (including phenoxy) is 1. The second-order valence-electron chi connectivity index (χ2n) is 6.58. The van der Waals surface area contributed by atoms with Crippen LogP contribution in [0.25, 0.3) is 0 Å². The van der Waals surface area contributed by atoms with Crippen LogP contribution in [0.5, 0.6) is 5.75 Å². The van der Waals surface area contributed by atoms with Crippen molar-refractivity contribution in [3.8, 4) is 5.75 Å². The van der Waals surface area contributed by atoms with Gasteiger partial charge in [0.2, 0.25) is 0 Å². The first-order valence-electron chi connectivity index (χ1n) is 8.55. The number of carbonyl (C=O) groups excluding carboxylic acids is 2. The summed E-state index contributed by atoms with van der Waals surface area (Å²) < 4.78 is 5.38. The maximum atomic E-state index is 13.0. The van der Waals surface area contributed by atoms with Gasteiger partial charge in [-0.05, 0) is 49.7 Å². The van der Waals surface area contributed by atoms with Crippen LogP contribution < -0.4 is 10.1 Å². The molecule has 7 heteroatoms. The molecule has 1 aliphatic heterocycles. The van der Waals surface area contributed by atoms with Crippen molar-refractivity contribution in [3.63, 3.8) is 0 Å². The zero-order valence-corrected chi connectivity index (χ0v) is 15.1. The molecule has 3 rings (SSSR count). The number of carbonyl (C=O) groups is 3. The summed E-state index contributed by atoms with van der Waals surface area (Å²) in [4.78, 5) is 37.0. The summed E-state index contributed by atoms with van der Waals surface area (Å²) in [5.74, 6) is -0.916. The standard InChI is InChI=1S/C20H20N2O5/c1-12(2)22(10-13-3-5-14(6-4-13)20(25)26)19(24)15-7-8-16-17(9-15)27-11-18(23)21-16/h3-9,12H,10-11H2,1-2H3,(H,21,23)(H,25,26). The lowest BCUT2D eigenvalue weighted by Crippen LogP contribution is -2.36. The van der Waals surface area contributed by atoms with Crippen LogP contribution in [0.2, 0.25) is 0 Å². The first-order chi connectivity index (χ1) is 12.8. The van der Waals surface area contributed by atoms with Gasteiger partial charge in [-0.25, -0.2) is 4.79 Å². The van der Waals surface area contributed by atoms with E-state index in [0.717, 1.165) is 5.56 Å². The van der Waals surface area contributed by atoms with Crippen molar-refractivity contribution in [1.29, 1.82) is 0 Å². The summed E-state index contributed by atoms with van der Waals surface area (Å²) in [7, 11) is 0. The number of rotatable bonds is 5. The Hall–Kier alpha value is -3.35. The second kappa shape index (κ2) is 7.49. The van der Waals surface area contributed by atoms with Crippen LogP contribution in [-0.2, 0) is 11.3 Å². The fourth-order valence-electron chi connectivity index (χ4n) is 2.81. The average Bonchev–Trinajstić information content (AvgIpc) is 2.65. The predicted octanol–water partition coefficient (Wildman–Crippen LogP) is 2.77. The van der Waals surface area contributed by atoms with E-state index in [2.05, 4.69) is 5.32 Å². The minimum atomic E-state index is -0.987. The Balaban J connectivity index is 1.81. The summed E-state index contributed by atoms with van der Waals surface area (Å²) in [6, 6.07) is 11.3. The van der Waals surface area contributed by atoms with Crippen LogP contribution in [-0.4, -0.2) is 40.4 Å². The van der Waals surface area contributed by atoms with Gasteiger partial charge in [0.05, 0.1) is 11.3 Å². The molecule has 1 aliphatic rings. The van der Waals surface area contributed by atoms with E-state index in [9.17, 15) is 14.4 Å². The number of hydrogen-bond acceptors (Lipinski definition) is 4. The molecule has 0 spiro atoms. The van der Waals surface area contributed by atoms with Gasteiger partial charge in [-0.1, -0.05) is 12.1 Å². The molecule has 0 saturated heterocycles. The van der Waals surface area contributed by atoms with Crippen molar-refractivity contribution >= 4 is 23.5 Å². The molecule has 0 bridgehead atoms. The molecule has 1 heterocycles. The minimum absolute atomic E-state index is 0.0618. The van der Waals surface area contributed by atoms with E-state index in [1.54, 1.807) is 35.2 Å². The van der Waals surface area contributed by atoms with Crippen molar-refractivity contribution < 1.29 is 24.2 Å². The summed E-state index contributed by atoms with van der Waals surface area (Å²) in [6.45, 7) is 4.11. The fourth-order valence-corrected chi connectivity index (χ4v) is 2.81. The van der Waals surface area contributed by atoms with Gasteiger partial charge >= 0.3 is 5.97 Å². The number of nitrogens with zero attached hydrogens (tertiary/aromatic N) is 1. The van der Waals surface area contributed by atoms with E-state index in [4.69, 9.17) is 9.84 Å². The summed E-state index contributed by atoms with van der Waals surface area (Å²) in [6.07, 6.45) is 0. The molecule has 2 aromatic carbocycles. The topological polar surface area (TPSA) is 95.9 Å². The number of carboxylic acid groups (broad SMARTS) is 1. The van der Waals surface area contributed by atoms with Crippen LogP contribution in [0.1, 0.15) is 40.1 Å². The molecule has 2 amide bonds. The normalized spacial score (nSPS) is 12.8. The number of carboxylic acids is 1. The van der Waals surface area contributed by atoms with Crippen LogP contribution in [0.3, 0.4) is 0 Å². The number of benzene rings is 2. The lowest BCUT2D eigenvalue weighted by atomic mass is 10.1. The zero-order chi connectivity index (χ0) is 19.6. The van der Waals surface area contributed by atoms with E-state index in [0.29, 0.717) is 23.5 Å². The third-order valence-electron chi connectivity index (χ3n) is 4.30. The lowest BCUT2D eigenvalue weighted by molar-refractivity contribution is -0.118. The van der Waals surface area contributed by atoms with Gasteiger partial charge in [-0.2, -0.15) is 0 Å². The van der Waals surface area contributed by atoms with Gasteiger partial charge < -0.3 is 20.1 Å². The monoisotopic (exact) mass is 368 g/mol. The van der Waals surface area contributed by atoms with E-state index in [-0.39, 0.29) is 30.0 Å². The molecule has 0 radical (unpaired) electrons. The minimum Gasteiger partial charge on any atom is -0.482 e. The maximum Gasteiger partial charge on any atom is 0.335 e. The number of anilines is 1. The number of nitrogens with one attached hydrogen (secondary N) is 1. The number of amides is 2. The van der Waals surface area contributed by atoms with Gasteiger partial charge in [0.15, 0.2) is 6.61 Å². The van der Waals surface area contributed by atoms with Crippen molar-refractivity contribution in [2.45, 2.75) is 26.4 Å². The Morgan fingerprint density at radius 2 is 1.81 bits per heavy atom. The number of hydrogen-bond donors (Lipinski definition) is 2. The molecule has 0 aliphatic carbocycles. The Morgan fingerprint density at radius 1 is 1.15 bits per heavy atom. The molecule has 2 aromatic rings. The van der Waals surface area contributed by atoms with Crippen molar-refractivity contribution in [1.82, 2.24) is 4.90 Å². The quantitative estimate of drug-likeness (QED) is 0.846. The molecule has 0 saturated carbocycles. The Kier molecular flexibility index (Phi) is 5.12. The average molecular weight is 368 g/mol. The summed E-state index contributed by atoms with van der Waals surface area (Å²) >= 11 is 0. The van der Waals surface area contributed by atoms with Crippen molar-refractivity contribution in [3.05, 3.63) is 59.2 Å². The third-order valence-corrected chi connectivity index (χ3v) is 4.30. The number of fused-ring (bicyclic) bond motifs is 1. The molecular formula is C20H20N2O5. The molecule has 0 aromatic heterocycles. The van der Waals surface area contributed by atoms with E-state index in [1.807, 2.05) is 13.8 Å². The van der Waals surface area contributed by atoms with Gasteiger partial charge in [0, 0.05) is 18.2 Å². The Bertz CT molecular complexity index is 890. The molecule has 2 N–H and O–H groups in total. The van der Waals surface area contributed by atoms with E-state index < -0.39 is 5.97 Å². The van der Waals surface area contributed by atoms with E-state index >= 15 is 0 Å². The SMILES string of the molecule is CC(C)N(Cc1ccc(C(=O)O)cc1)C(=O)c1ccc2c(c1)OCC(=O)N2. The van der Waals surface area contributed by atoms with Gasteiger partial charge in [0.1, 0.15) is 5.75 Å². The third kappa shape index (κ3) is 4.08. The van der Waals surface area contributed by atoms with Gasteiger partial charge in [-0.3, -0.25) is 9.59 Å². The number of aromatic carboxylic acids is 1. The molecule has 0 atom stereocenters. The summed E-state index contributed by atoms with van der Waals surface area (Å²) in [5.41, 5.74) is 2.04. The Morgan fingerprint density at radius 3 is 2.44 bits per heavy atom. The second-order valence-corrected chi connectivity index (χ2v) is 6.58. The first-order valence-corrected chi connectivity index (χ1v) is 8.55. The highest BCUT2D eigenvalue weighted by Crippen LogP contribution is 2.29. The molecule has 140 valence electrons. The summed E-state index contributed by atoms with van der Waals surface area (Å²) in [5, 5.41) is 11.7. The highest BCUT2D eigenvalue weighted by molar-refractivity contribution is 5.99. The molecule has 27 heavy (non-hydrogen) atoms. The smallest absolute Gasteiger partial charge is 0.335 e. The van der Waals surface area contributed by atoms with Crippen molar-refractivity contribution in [2.24, 2.45) is 0 Å². The van der Waals surface area contributed by atoms with E-state index in [1.165, 1.54) is 12.1 Å². The highest BCUT2D eigenvalue weighted by Gasteiger charge is 2.22. The van der Waals surface area contributed by atoms with Crippen molar-refractivity contribution in [2.75, 3.05) is 11.9 Å². The van der Waals surface area contributed by atoms with Crippen LogP contribution in [0, 0.1) is 0 Å². The predicted molar refractivity (Wildman–Crippen MR) is 99.0 cm³/mol. The van der Waals surface area contributed by atoms with Crippen LogP contribution in [0.4, 0.5) is 5.69 Å². The fraction of sp³-hybridized carbons (Fsp3) is 0.250. The molecule has 0 fully saturated rings. The molecular weight excluding hydrogens is 348 g/mol. The molecule has 7 nitrogen and oxygen atoms in total.